The van der Waals surface area contributed by atoms with Gasteiger partial charge in [0, 0.05) is 5.69 Å². The predicted octanol–water partition coefficient (Wildman–Crippen LogP) is 4.01. The molecule has 21 heavy (non-hydrogen) atoms. The second kappa shape index (κ2) is 7.70. The summed E-state index contributed by atoms with van der Waals surface area (Å²) in [7, 11) is 1.65. The van der Waals surface area contributed by atoms with Crippen LogP contribution in [-0.4, -0.2) is 18.3 Å². The lowest BCUT2D eigenvalue weighted by molar-refractivity contribution is 0.142. The van der Waals surface area contributed by atoms with E-state index in [0.717, 1.165) is 29.8 Å². The number of benzene rings is 2. The third kappa shape index (κ3) is 4.23. The maximum atomic E-state index is 10.4. The Labute approximate surface area is 126 Å². The van der Waals surface area contributed by atoms with Crippen LogP contribution in [0.1, 0.15) is 31.4 Å². The highest BCUT2D eigenvalue weighted by Crippen LogP contribution is 2.26. The van der Waals surface area contributed by atoms with Crippen LogP contribution in [0.5, 0.6) is 5.75 Å². The lowest BCUT2D eigenvalue weighted by Gasteiger charge is -2.25. The van der Waals surface area contributed by atoms with Gasteiger partial charge in [-0.25, -0.2) is 0 Å². The first kappa shape index (κ1) is 15.4. The normalized spacial score (nSPS) is 13.5. The van der Waals surface area contributed by atoms with Crippen LogP contribution in [0.25, 0.3) is 0 Å². The van der Waals surface area contributed by atoms with Crippen molar-refractivity contribution >= 4 is 5.69 Å². The fraction of sp³-hybridized carbons (Fsp3) is 0.333. The Bertz CT molecular complexity index is 525. The third-order valence-corrected chi connectivity index (χ3v) is 3.54. The van der Waals surface area contributed by atoms with Crippen molar-refractivity contribution in [3.8, 4) is 5.75 Å². The molecular weight excluding hydrogens is 262 g/mol. The summed E-state index contributed by atoms with van der Waals surface area (Å²) >= 11 is 0. The van der Waals surface area contributed by atoms with Crippen LogP contribution in [0.2, 0.25) is 0 Å². The summed E-state index contributed by atoms with van der Waals surface area (Å²) in [5.41, 5.74) is 2.06. The van der Waals surface area contributed by atoms with Gasteiger partial charge in [0.2, 0.25) is 0 Å². The number of nitrogens with one attached hydrogen (secondary N) is 1. The minimum atomic E-state index is -0.417. The van der Waals surface area contributed by atoms with Crippen LogP contribution in [0.15, 0.2) is 54.6 Å². The van der Waals surface area contributed by atoms with Crippen LogP contribution < -0.4 is 10.1 Å². The Morgan fingerprint density at radius 3 is 2.29 bits per heavy atom. The Balaban J connectivity index is 2.18. The Hall–Kier alpha value is -2.00. The van der Waals surface area contributed by atoms with Crippen molar-refractivity contribution in [3.63, 3.8) is 0 Å². The summed E-state index contributed by atoms with van der Waals surface area (Å²) in [6.07, 6.45) is 1.30. The van der Waals surface area contributed by atoms with E-state index in [1.165, 1.54) is 0 Å². The van der Waals surface area contributed by atoms with Gasteiger partial charge in [-0.15, -0.1) is 0 Å². The molecule has 2 unspecified atom stereocenters. The molecular formula is C18H23NO2. The summed E-state index contributed by atoms with van der Waals surface area (Å²) in [5, 5.41) is 13.9. The molecule has 0 fully saturated rings. The first-order valence-corrected chi connectivity index (χ1v) is 7.38. The molecule has 3 heteroatoms. The lowest BCUT2D eigenvalue weighted by Crippen LogP contribution is -2.25. The number of ether oxygens (including phenoxy) is 1. The molecule has 112 valence electrons. The Morgan fingerprint density at radius 2 is 1.71 bits per heavy atom. The summed E-state index contributed by atoms with van der Waals surface area (Å²) < 4.78 is 5.17. The molecule has 0 spiro atoms. The smallest absolute Gasteiger partial charge is 0.119 e. The molecule has 0 aliphatic carbocycles. The van der Waals surface area contributed by atoms with Crippen molar-refractivity contribution in [1.82, 2.24) is 0 Å². The quantitative estimate of drug-likeness (QED) is 0.807. The van der Waals surface area contributed by atoms with Crippen LogP contribution in [0.3, 0.4) is 0 Å². The van der Waals surface area contributed by atoms with E-state index < -0.39 is 6.10 Å². The summed E-state index contributed by atoms with van der Waals surface area (Å²) in [6, 6.07) is 17.7. The van der Waals surface area contributed by atoms with E-state index in [4.69, 9.17) is 4.74 Å². The van der Waals surface area contributed by atoms with Crippen molar-refractivity contribution in [2.45, 2.75) is 31.9 Å². The standard InChI is InChI=1S/C18H23NO2/c1-3-7-17(20)18(14-8-5-4-6-9-14)19-15-10-12-16(21-2)13-11-15/h4-6,8-13,17-20H,3,7H2,1-2H3. The molecule has 0 heterocycles. The van der Waals surface area contributed by atoms with Crippen LogP contribution in [0.4, 0.5) is 5.69 Å². The van der Waals surface area contributed by atoms with Gasteiger partial charge in [0.05, 0.1) is 19.3 Å². The molecule has 0 aliphatic heterocycles. The number of rotatable bonds is 7. The number of aliphatic hydroxyl groups is 1. The van der Waals surface area contributed by atoms with Gasteiger partial charge < -0.3 is 15.2 Å². The molecule has 3 nitrogen and oxygen atoms in total. The fourth-order valence-electron chi connectivity index (χ4n) is 2.39. The zero-order chi connectivity index (χ0) is 15.1. The molecule has 0 saturated carbocycles. The molecule has 2 aromatic rings. The second-order valence-electron chi connectivity index (χ2n) is 5.12. The van der Waals surface area contributed by atoms with E-state index in [2.05, 4.69) is 12.2 Å². The molecule has 2 rings (SSSR count). The molecule has 0 radical (unpaired) electrons. The largest absolute Gasteiger partial charge is 0.497 e. The number of aliphatic hydroxyl groups excluding tert-OH is 1. The summed E-state index contributed by atoms with van der Waals surface area (Å²) in [6.45, 7) is 2.08. The Kier molecular flexibility index (Phi) is 5.64. The average molecular weight is 285 g/mol. The van der Waals surface area contributed by atoms with E-state index >= 15 is 0 Å². The van der Waals surface area contributed by atoms with Crippen molar-refractivity contribution in [1.29, 1.82) is 0 Å². The van der Waals surface area contributed by atoms with Crippen LogP contribution in [0, 0.1) is 0 Å². The highest BCUT2D eigenvalue weighted by Gasteiger charge is 2.20. The third-order valence-electron chi connectivity index (χ3n) is 3.54. The van der Waals surface area contributed by atoms with Crippen LogP contribution >= 0.6 is 0 Å². The second-order valence-corrected chi connectivity index (χ2v) is 5.12. The van der Waals surface area contributed by atoms with Crippen molar-refractivity contribution in [2.24, 2.45) is 0 Å². The van der Waals surface area contributed by atoms with Gasteiger partial charge in [-0.2, -0.15) is 0 Å². The minimum Gasteiger partial charge on any atom is -0.497 e. The number of hydrogen-bond acceptors (Lipinski definition) is 3. The van der Waals surface area contributed by atoms with E-state index in [1.807, 2.05) is 54.6 Å². The fourth-order valence-corrected chi connectivity index (χ4v) is 2.39. The van der Waals surface area contributed by atoms with E-state index in [9.17, 15) is 5.11 Å². The van der Waals surface area contributed by atoms with Gasteiger partial charge in [-0.3, -0.25) is 0 Å². The first-order valence-electron chi connectivity index (χ1n) is 7.38. The van der Waals surface area contributed by atoms with Crippen molar-refractivity contribution in [2.75, 3.05) is 12.4 Å². The SMILES string of the molecule is CCCC(O)C(Nc1ccc(OC)cc1)c1ccccc1. The average Bonchev–Trinajstić information content (AvgIpc) is 2.54. The van der Waals surface area contributed by atoms with Crippen molar-refractivity contribution < 1.29 is 9.84 Å². The maximum Gasteiger partial charge on any atom is 0.119 e. The maximum absolute atomic E-state index is 10.4. The molecule has 2 aromatic carbocycles. The molecule has 0 saturated heterocycles. The monoisotopic (exact) mass is 285 g/mol. The summed E-state index contributed by atoms with van der Waals surface area (Å²) in [5.74, 6) is 0.825. The van der Waals surface area contributed by atoms with E-state index in [1.54, 1.807) is 7.11 Å². The van der Waals surface area contributed by atoms with E-state index in [-0.39, 0.29) is 6.04 Å². The molecule has 0 aliphatic rings. The minimum absolute atomic E-state index is 0.112. The number of hydrogen-bond donors (Lipinski definition) is 2. The summed E-state index contributed by atoms with van der Waals surface area (Å²) in [4.78, 5) is 0. The van der Waals surface area contributed by atoms with Gasteiger partial charge in [0.25, 0.3) is 0 Å². The Morgan fingerprint density at radius 1 is 1.05 bits per heavy atom. The molecule has 0 amide bonds. The zero-order valence-electron chi connectivity index (χ0n) is 12.6. The highest BCUT2D eigenvalue weighted by atomic mass is 16.5. The van der Waals surface area contributed by atoms with Crippen LogP contribution in [-0.2, 0) is 0 Å². The van der Waals surface area contributed by atoms with Gasteiger partial charge in [0.1, 0.15) is 5.75 Å². The first-order chi connectivity index (χ1) is 10.2. The highest BCUT2D eigenvalue weighted by molar-refractivity contribution is 5.48. The lowest BCUT2D eigenvalue weighted by atomic mass is 9.98. The topological polar surface area (TPSA) is 41.5 Å². The number of methoxy groups -OCH3 is 1. The number of anilines is 1. The van der Waals surface area contributed by atoms with Gasteiger partial charge in [-0.05, 0) is 36.2 Å². The van der Waals surface area contributed by atoms with Gasteiger partial charge in [0.15, 0.2) is 0 Å². The van der Waals surface area contributed by atoms with E-state index in [0.29, 0.717) is 0 Å². The van der Waals surface area contributed by atoms with Crippen molar-refractivity contribution in [3.05, 3.63) is 60.2 Å². The molecule has 0 aromatic heterocycles. The molecule has 2 atom stereocenters. The van der Waals surface area contributed by atoms with Gasteiger partial charge >= 0.3 is 0 Å². The molecule has 0 bridgehead atoms. The zero-order valence-corrected chi connectivity index (χ0v) is 12.6. The van der Waals surface area contributed by atoms with Gasteiger partial charge in [-0.1, -0.05) is 43.7 Å². The molecule has 2 N–H and O–H groups in total. The predicted molar refractivity (Wildman–Crippen MR) is 86.7 cm³/mol.